The molecular formula is C17H15N3O3S. The van der Waals surface area contributed by atoms with Gasteiger partial charge in [-0.05, 0) is 43.2 Å². The molecular weight excluding hydrogens is 326 g/mol. The molecule has 7 heteroatoms. The summed E-state index contributed by atoms with van der Waals surface area (Å²) < 4.78 is 26.8. The molecule has 0 atom stereocenters. The first-order valence-electron chi connectivity index (χ1n) is 7.28. The second kappa shape index (κ2) is 5.65. The van der Waals surface area contributed by atoms with Crippen LogP contribution in [0.5, 0.6) is 0 Å². The van der Waals surface area contributed by atoms with Gasteiger partial charge in [0.25, 0.3) is 10.0 Å². The van der Waals surface area contributed by atoms with Crippen molar-refractivity contribution in [3.05, 3.63) is 53.6 Å². The number of fused-ring (bicyclic) bond motifs is 1. The molecule has 0 aliphatic carbocycles. The maximum atomic E-state index is 13.0. The second-order valence-electron chi connectivity index (χ2n) is 5.55. The van der Waals surface area contributed by atoms with Crippen molar-refractivity contribution in [2.45, 2.75) is 18.7 Å². The summed E-state index contributed by atoms with van der Waals surface area (Å²) in [7, 11) is -4.04. The van der Waals surface area contributed by atoms with Crippen molar-refractivity contribution in [3.8, 4) is 6.07 Å². The van der Waals surface area contributed by atoms with Gasteiger partial charge in [-0.15, -0.1) is 0 Å². The van der Waals surface area contributed by atoms with Crippen molar-refractivity contribution in [3.63, 3.8) is 0 Å². The number of hydrogen-bond donors (Lipinski definition) is 0. The van der Waals surface area contributed by atoms with Crippen molar-refractivity contribution in [2.24, 2.45) is 0 Å². The van der Waals surface area contributed by atoms with Crippen LogP contribution in [0.15, 0.2) is 47.4 Å². The third kappa shape index (κ3) is 2.32. The highest BCUT2D eigenvalue weighted by atomic mass is 32.2. The number of hydrogen-bond acceptors (Lipinski definition) is 4. The lowest BCUT2D eigenvalue weighted by molar-refractivity contribution is 0.254. The number of nitriles is 1. The second-order valence-corrected chi connectivity index (χ2v) is 7.31. The molecule has 0 aromatic heterocycles. The Hall–Kier alpha value is -2.85. The Morgan fingerprint density at radius 3 is 2.50 bits per heavy atom. The van der Waals surface area contributed by atoms with Crippen LogP contribution in [-0.4, -0.2) is 21.0 Å². The number of sulfonamides is 1. The minimum atomic E-state index is -4.04. The SMILES string of the molecule is Cc1ccc(C)c(N2C(=O)N(CC#N)c3ccccc3S2(=O)=O)c1. The molecule has 0 fully saturated rings. The van der Waals surface area contributed by atoms with Gasteiger partial charge in [0.1, 0.15) is 11.4 Å². The summed E-state index contributed by atoms with van der Waals surface area (Å²) in [6.45, 7) is 3.34. The van der Waals surface area contributed by atoms with E-state index in [0.717, 1.165) is 9.87 Å². The molecule has 122 valence electrons. The predicted molar refractivity (Wildman–Crippen MR) is 90.4 cm³/mol. The summed E-state index contributed by atoms with van der Waals surface area (Å²) in [5, 5.41) is 9.04. The molecule has 0 unspecified atom stereocenters. The van der Waals surface area contributed by atoms with Crippen molar-refractivity contribution in [2.75, 3.05) is 15.7 Å². The topological polar surface area (TPSA) is 81.5 Å². The lowest BCUT2D eigenvalue weighted by Crippen LogP contribution is -2.51. The van der Waals surface area contributed by atoms with E-state index in [2.05, 4.69) is 0 Å². The molecule has 0 saturated heterocycles. The fraction of sp³-hybridized carbons (Fsp3) is 0.176. The number of urea groups is 1. The van der Waals surface area contributed by atoms with E-state index in [1.807, 2.05) is 19.1 Å². The monoisotopic (exact) mass is 341 g/mol. The Morgan fingerprint density at radius 2 is 1.79 bits per heavy atom. The van der Waals surface area contributed by atoms with Gasteiger partial charge >= 0.3 is 6.03 Å². The van der Waals surface area contributed by atoms with Gasteiger partial charge in [-0.25, -0.2) is 13.2 Å². The Kier molecular flexibility index (Phi) is 3.78. The number of aryl methyl sites for hydroxylation is 2. The molecule has 2 aromatic rings. The summed E-state index contributed by atoms with van der Waals surface area (Å²) in [4.78, 5) is 14.1. The van der Waals surface area contributed by atoms with Gasteiger partial charge in [-0.2, -0.15) is 9.57 Å². The number of carbonyl (C=O) groups excluding carboxylic acids is 1. The van der Waals surface area contributed by atoms with Crippen molar-refractivity contribution in [1.82, 2.24) is 0 Å². The van der Waals surface area contributed by atoms with E-state index < -0.39 is 16.1 Å². The average Bonchev–Trinajstić information content (AvgIpc) is 2.55. The van der Waals surface area contributed by atoms with Gasteiger partial charge in [0.15, 0.2) is 0 Å². The molecule has 1 aliphatic rings. The van der Waals surface area contributed by atoms with Crippen LogP contribution in [0.25, 0.3) is 0 Å². The smallest absolute Gasteiger partial charge is 0.278 e. The van der Waals surface area contributed by atoms with Crippen LogP contribution in [-0.2, 0) is 10.0 Å². The first kappa shape index (κ1) is 16.0. The summed E-state index contributed by atoms with van der Waals surface area (Å²) in [6, 6.07) is 12.7. The van der Waals surface area contributed by atoms with E-state index in [9.17, 15) is 13.2 Å². The quantitative estimate of drug-likeness (QED) is 0.786. The maximum absolute atomic E-state index is 13.0. The molecule has 0 bridgehead atoms. The van der Waals surface area contributed by atoms with Crippen LogP contribution in [0, 0.1) is 25.2 Å². The first-order valence-corrected chi connectivity index (χ1v) is 8.72. The Labute approximate surface area is 140 Å². The fourth-order valence-electron chi connectivity index (χ4n) is 2.71. The molecule has 1 aliphatic heterocycles. The molecule has 2 aromatic carbocycles. The number of rotatable bonds is 2. The average molecular weight is 341 g/mol. The third-order valence-corrected chi connectivity index (χ3v) is 5.63. The van der Waals surface area contributed by atoms with Crippen molar-refractivity contribution < 1.29 is 13.2 Å². The first-order chi connectivity index (χ1) is 11.4. The van der Waals surface area contributed by atoms with Gasteiger partial charge in [-0.3, -0.25) is 4.90 Å². The molecule has 6 nitrogen and oxygen atoms in total. The van der Waals surface area contributed by atoms with E-state index in [1.165, 1.54) is 17.0 Å². The lowest BCUT2D eigenvalue weighted by atomic mass is 10.1. The van der Waals surface area contributed by atoms with Crippen LogP contribution in [0.2, 0.25) is 0 Å². The van der Waals surface area contributed by atoms with Gasteiger partial charge in [-0.1, -0.05) is 24.3 Å². The van der Waals surface area contributed by atoms with Crippen LogP contribution >= 0.6 is 0 Å². The highest BCUT2D eigenvalue weighted by Gasteiger charge is 2.42. The lowest BCUT2D eigenvalue weighted by Gasteiger charge is -2.35. The molecule has 0 spiro atoms. The zero-order chi connectivity index (χ0) is 17.5. The molecule has 0 saturated carbocycles. The van der Waals surface area contributed by atoms with Crippen LogP contribution < -0.4 is 9.21 Å². The van der Waals surface area contributed by atoms with Crippen molar-refractivity contribution >= 4 is 27.4 Å². The maximum Gasteiger partial charge on any atom is 0.344 e. The Balaban J connectivity index is 2.30. The number of anilines is 2. The molecule has 0 radical (unpaired) electrons. The van der Waals surface area contributed by atoms with Crippen LogP contribution in [0.3, 0.4) is 0 Å². The van der Waals surface area contributed by atoms with Gasteiger partial charge in [0, 0.05) is 0 Å². The number of amides is 2. The largest absolute Gasteiger partial charge is 0.344 e. The van der Waals surface area contributed by atoms with E-state index in [0.29, 0.717) is 11.3 Å². The highest BCUT2D eigenvalue weighted by Crippen LogP contribution is 2.38. The summed E-state index contributed by atoms with van der Waals surface area (Å²) in [5.41, 5.74) is 2.03. The van der Waals surface area contributed by atoms with E-state index in [1.54, 1.807) is 31.2 Å². The minimum absolute atomic E-state index is 0.0146. The molecule has 2 amide bonds. The van der Waals surface area contributed by atoms with Crippen molar-refractivity contribution in [1.29, 1.82) is 5.26 Å². The van der Waals surface area contributed by atoms with E-state index >= 15 is 0 Å². The van der Waals surface area contributed by atoms with Gasteiger partial charge in [0.2, 0.25) is 0 Å². The van der Waals surface area contributed by atoms with Crippen LogP contribution in [0.4, 0.5) is 16.2 Å². The molecule has 3 rings (SSSR count). The summed E-state index contributed by atoms with van der Waals surface area (Å²) >= 11 is 0. The normalized spacial score (nSPS) is 15.8. The number of para-hydroxylation sites is 1. The number of benzene rings is 2. The zero-order valence-corrected chi connectivity index (χ0v) is 14.0. The minimum Gasteiger partial charge on any atom is -0.278 e. The fourth-order valence-corrected chi connectivity index (χ4v) is 4.36. The van der Waals surface area contributed by atoms with Gasteiger partial charge in [0.05, 0.1) is 17.4 Å². The summed E-state index contributed by atoms with van der Waals surface area (Å²) in [5.74, 6) is 0. The highest BCUT2D eigenvalue weighted by molar-refractivity contribution is 7.94. The molecule has 0 N–H and O–H groups in total. The van der Waals surface area contributed by atoms with Gasteiger partial charge < -0.3 is 0 Å². The standard InChI is InChI=1S/C17H15N3O3S/c1-12-7-8-13(2)15(11-12)20-17(21)19(10-9-18)14-5-3-4-6-16(14)24(20,22)23/h3-8,11H,10H2,1-2H3. The van der Waals surface area contributed by atoms with E-state index in [4.69, 9.17) is 5.26 Å². The Bertz CT molecular complexity index is 977. The molecule has 24 heavy (non-hydrogen) atoms. The predicted octanol–water partition coefficient (Wildman–Crippen LogP) is 2.96. The zero-order valence-electron chi connectivity index (χ0n) is 13.2. The summed E-state index contributed by atoms with van der Waals surface area (Å²) in [6.07, 6.45) is 0. The molecule has 1 heterocycles. The third-order valence-electron chi connectivity index (χ3n) is 3.89. The number of carbonyl (C=O) groups is 1. The Morgan fingerprint density at radius 1 is 1.08 bits per heavy atom. The number of nitrogens with zero attached hydrogens (tertiary/aromatic N) is 3. The van der Waals surface area contributed by atoms with Crippen LogP contribution in [0.1, 0.15) is 11.1 Å². The van der Waals surface area contributed by atoms with E-state index in [-0.39, 0.29) is 17.1 Å².